The molecule has 0 radical (unpaired) electrons. The van der Waals surface area contributed by atoms with Crippen molar-refractivity contribution in [2.75, 3.05) is 0 Å². The molecule has 1 aromatic carbocycles. The van der Waals surface area contributed by atoms with Crippen molar-refractivity contribution in [1.29, 1.82) is 0 Å². The molecule has 1 rings (SSSR count). The molecule has 118 valence electrons. The molecule has 0 fully saturated rings. The third-order valence-electron chi connectivity index (χ3n) is 2.93. The van der Waals surface area contributed by atoms with Gasteiger partial charge >= 0.3 is 0 Å². The first kappa shape index (κ1) is 18.4. The number of hydrogen-bond acceptors (Lipinski definition) is 2. The highest BCUT2D eigenvalue weighted by Gasteiger charge is 2.37. The number of benzene rings is 1. The average Bonchev–Trinajstić information content (AvgIpc) is 2.24. The van der Waals surface area contributed by atoms with Gasteiger partial charge in [-0.15, -0.1) is 0 Å². The van der Waals surface area contributed by atoms with Crippen LogP contribution in [0.25, 0.3) is 0 Å². The summed E-state index contributed by atoms with van der Waals surface area (Å²) in [5, 5.41) is 0.644. The number of carbonyl (C=O) groups excluding carboxylic acids is 1. The molecule has 0 N–H and O–H groups in total. The van der Waals surface area contributed by atoms with Crippen LogP contribution in [0.4, 0.5) is 0 Å². The second-order valence-electron chi connectivity index (χ2n) is 7.16. The van der Waals surface area contributed by atoms with Crippen molar-refractivity contribution in [1.82, 2.24) is 4.57 Å². The van der Waals surface area contributed by atoms with E-state index in [1.807, 2.05) is 28.8 Å². The number of amides is 1. The fourth-order valence-corrected chi connectivity index (χ4v) is 5.33. The number of carbonyl (C=O) groups is 1. The highest BCUT2D eigenvalue weighted by atomic mass is 35.5. The first-order valence-electron chi connectivity index (χ1n) is 7.15. The van der Waals surface area contributed by atoms with Gasteiger partial charge in [-0.2, -0.15) is 0 Å². The molecular weight excluding hydrogens is 318 g/mol. The summed E-state index contributed by atoms with van der Waals surface area (Å²) in [5.74, 6) is 0.0392. The van der Waals surface area contributed by atoms with Crippen LogP contribution < -0.4 is 0 Å². The minimum atomic E-state index is -1.90. The Hall–Kier alpha value is -0.626. The van der Waals surface area contributed by atoms with E-state index in [2.05, 4.69) is 39.3 Å². The van der Waals surface area contributed by atoms with E-state index in [1.165, 1.54) is 0 Å². The molecule has 0 aliphatic heterocycles. The third kappa shape index (κ3) is 5.25. The maximum Gasteiger partial charge on any atom is 0.213 e. The van der Waals surface area contributed by atoms with Crippen LogP contribution >= 0.6 is 11.6 Å². The summed E-state index contributed by atoms with van der Waals surface area (Å²) in [4.78, 5) is 12.3. The zero-order valence-electron chi connectivity index (χ0n) is 14.0. The van der Waals surface area contributed by atoms with E-state index in [-0.39, 0.29) is 5.91 Å². The number of hydrogen-bond donors (Lipinski definition) is 0. The second kappa shape index (κ2) is 6.64. The SMILES string of the molecule is CC(=O)N(C(O[Si](C)(C)C)c1ccccc1Cl)[Si](C)(C)C. The maximum atomic E-state index is 12.3. The number of nitrogens with zero attached hydrogens (tertiary/aromatic N) is 1. The number of halogens is 1. The quantitative estimate of drug-likeness (QED) is 0.563. The lowest BCUT2D eigenvalue weighted by molar-refractivity contribution is -0.131. The van der Waals surface area contributed by atoms with Crippen LogP contribution in [0.3, 0.4) is 0 Å². The van der Waals surface area contributed by atoms with Crippen LogP contribution in [-0.4, -0.2) is 27.0 Å². The summed E-state index contributed by atoms with van der Waals surface area (Å²) in [7, 11) is -3.74. The first-order valence-corrected chi connectivity index (χ1v) is 14.4. The highest BCUT2D eigenvalue weighted by molar-refractivity contribution is 6.75. The van der Waals surface area contributed by atoms with Gasteiger partial charge in [0.25, 0.3) is 0 Å². The van der Waals surface area contributed by atoms with E-state index in [0.29, 0.717) is 5.02 Å². The molecule has 0 aliphatic rings. The van der Waals surface area contributed by atoms with Gasteiger partial charge in [-0.1, -0.05) is 49.4 Å². The molecule has 21 heavy (non-hydrogen) atoms. The Labute approximate surface area is 135 Å². The van der Waals surface area contributed by atoms with E-state index < -0.39 is 22.8 Å². The van der Waals surface area contributed by atoms with Gasteiger partial charge in [-0.25, -0.2) is 0 Å². The van der Waals surface area contributed by atoms with Gasteiger partial charge in [0.05, 0.1) is 0 Å². The van der Waals surface area contributed by atoms with Crippen molar-refractivity contribution >= 4 is 34.1 Å². The van der Waals surface area contributed by atoms with E-state index in [9.17, 15) is 4.79 Å². The van der Waals surface area contributed by atoms with E-state index in [4.69, 9.17) is 16.0 Å². The van der Waals surface area contributed by atoms with Crippen LogP contribution in [-0.2, 0) is 9.22 Å². The van der Waals surface area contributed by atoms with Gasteiger partial charge in [0, 0.05) is 17.5 Å². The van der Waals surface area contributed by atoms with Crippen molar-refractivity contribution in [2.24, 2.45) is 0 Å². The maximum absolute atomic E-state index is 12.3. The summed E-state index contributed by atoms with van der Waals surface area (Å²) in [6, 6.07) is 7.62. The lowest BCUT2D eigenvalue weighted by atomic mass is 10.2. The van der Waals surface area contributed by atoms with Crippen molar-refractivity contribution < 1.29 is 9.22 Å². The lowest BCUT2D eigenvalue weighted by Crippen LogP contribution is -2.53. The van der Waals surface area contributed by atoms with Gasteiger partial charge in [0.15, 0.2) is 16.6 Å². The Kier molecular flexibility index (Phi) is 5.83. The number of rotatable bonds is 5. The molecule has 0 saturated heterocycles. The summed E-state index contributed by atoms with van der Waals surface area (Å²) in [5.41, 5.74) is 0.874. The molecule has 1 aromatic rings. The molecule has 0 saturated carbocycles. The normalized spacial score (nSPS) is 13.9. The Morgan fingerprint density at radius 3 is 2.05 bits per heavy atom. The Morgan fingerprint density at radius 1 is 1.14 bits per heavy atom. The molecule has 3 nitrogen and oxygen atoms in total. The van der Waals surface area contributed by atoms with Gasteiger partial charge in [0.1, 0.15) is 6.23 Å². The van der Waals surface area contributed by atoms with Gasteiger partial charge in [0.2, 0.25) is 5.91 Å². The molecule has 1 unspecified atom stereocenters. The molecule has 6 heteroatoms. The van der Waals surface area contributed by atoms with Gasteiger partial charge in [-0.3, -0.25) is 4.79 Å². The zero-order chi connectivity index (χ0) is 16.4. The Balaban J connectivity index is 3.38. The van der Waals surface area contributed by atoms with E-state index >= 15 is 0 Å². The van der Waals surface area contributed by atoms with E-state index in [1.54, 1.807) is 6.92 Å². The largest absolute Gasteiger partial charge is 0.395 e. The first-order chi connectivity index (χ1) is 9.43. The van der Waals surface area contributed by atoms with Crippen LogP contribution in [0.5, 0.6) is 0 Å². The van der Waals surface area contributed by atoms with Crippen LogP contribution in [0, 0.1) is 0 Å². The molecule has 1 amide bonds. The van der Waals surface area contributed by atoms with Crippen LogP contribution in [0.2, 0.25) is 44.3 Å². The molecule has 1 atom stereocenters. The predicted molar refractivity (Wildman–Crippen MR) is 94.5 cm³/mol. The molecule has 0 aromatic heterocycles. The fourth-order valence-electron chi connectivity index (χ4n) is 2.25. The smallest absolute Gasteiger partial charge is 0.213 e. The molecule has 0 aliphatic carbocycles. The molecule has 0 heterocycles. The van der Waals surface area contributed by atoms with Crippen LogP contribution in [0.1, 0.15) is 18.7 Å². The summed E-state index contributed by atoms with van der Waals surface area (Å²) < 4.78 is 8.26. The standard InChI is InChI=1S/C15H26ClNO2Si2/c1-12(18)17(20(2,3)4)15(19-21(5,6)7)13-10-8-9-11-14(13)16/h8-11,15H,1-7H3. The van der Waals surface area contributed by atoms with Crippen LogP contribution in [0.15, 0.2) is 24.3 Å². The monoisotopic (exact) mass is 343 g/mol. The zero-order valence-corrected chi connectivity index (χ0v) is 16.8. The molecule has 0 spiro atoms. The molecule has 0 bridgehead atoms. The lowest BCUT2D eigenvalue weighted by Gasteiger charge is -2.43. The fraction of sp³-hybridized carbons (Fsp3) is 0.533. The summed E-state index contributed by atoms with van der Waals surface area (Å²) in [6.07, 6.45) is -0.394. The topological polar surface area (TPSA) is 29.5 Å². The Morgan fingerprint density at radius 2 is 1.67 bits per heavy atom. The van der Waals surface area contributed by atoms with Crippen molar-refractivity contribution in [2.45, 2.75) is 52.4 Å². The van der Waals surface area contributed by atoms with Crippen molar-refractivity contribution in [3.05, 3.63) is 34.9 Å². The minimum Gasteiger partial charge on any atom is -0.395 e. The van der Waals surface area contributed by atoms with E-state index in [0.717, 1.165) is 5.56 Å². The summed E-state index contributed by atoms with van der Waals surface area (Å²) in [6.45, 7) is 14.4. The van der Waals surface area contributed by atoms with Crippen molar-refractivity contribution in [3.8, 4) is 0 Å². The molecular formula is C15H26ClNO2Si2. The van der Waals surface area contributed by atoms with Gasteiger partial charge in [-0.05, 0) is 25.7 Å². The Bertz CT molecular complexity index is 509. The average molecular weight is 344 g/mol. The predicted octanol–water partition coefficient (Wildman–Crippen LogP) is 4.87. The minimum absolute atomic E-state index is 0.0392. The highest BCUT2D eigenvalue weighted by Crippen LogP contribution is 2.34. The third-order valence-corrected chi connectivity index (χ3v) is 6.20. The summed E-state index contributed by atoms with van der Waals surface area (Å²) >= 11 is 6.36. The second-order valence-corrected chi connectivity index (χ2v) is 16.9. The van der Waals surface area contributed by atoms with Crippen molar-refractivity contribution in [3.63, 3.8) is 0 Å². The van der Waals surface area contributed by atoms with Gasteiger partial charge < -0.3 is 8.99 Å².